The van der Waals surface area contributed by atoms with Crippen LogP contribution in [0.5, 0.6) is 0 Å². The van der Waals surface area contributed by atoms with Crippen molar-refractivity contribution >= 4 is 17.8 Å². The largest absolute Gasteiger partial charge is 0.357 e. The Hall–Kier alpha value is -1.59. The third-order valence-electron chi connectivity index (χ3n) is 3.04. The van der Waals surface area contributed by atoms with Crippen LogP contribution >= 0.6 is 0 Å². The monoisotopic (exact) mass is 236 g/mol. The molecule has 1 N–H and O–H groups in total. The van der Waals surface area contributed by atoms with E-state index >= 15 is 0 Å². The zero-order valence-electron chi connectivity index (χ0n) is 10.8. The SMILES string of the molecule is CCN(C)c1nc(NC)nc(N2CCCC2)n1. The van der Waals surface area contributed by atoms with Gasteiger partial charge in [-0.05, 0) is 19.8 Å². The highest BCUT2D eigenvalue weighted by Crippen LogP contribution is 2.19. The highest BCUT2D eigenvalue weighted by molar-refractivity contribution is 5.44. The third kappa shape index (κ3) is 2.57. The van der Waals surface area contributed by atoms with Crippen LogP contribution in [0.2, 0.25) is 0 Å². The summed E-state index contributed by atoms with van der Waals surface area (Å²) in [4.78, 5) is 17.5. The Balaban J connectivity index is 2.30. The van der Waals surface area contributed by atoms with Crippen molar-refractivity contribution in [1.29, 1.82) is 0 Å². The summed E-state index contributed by atoms with van der Waals surface area (Å²) in [7, 11) is 3.82. The summed E-state index contributed by atoms with van der Waals surface area (Å²) in [6.45, 7) is 5.05. The molecule has 2 rings (SSSR count). The van der Waals surface area contributed by atoms with Crippen molar-refractivity contribution < 1.29 is 0 Å². The fourth-order valence-corrected chi connectivity index (χ4v) is 1.84. The summed E-state index contributed by atoms with van der Waals surface area (Å²) in [5.74, 6) is 2.16. The van der Waals surface area contributed by atoms with E-state index in [1.54, 1.807) is 0 Å². The van der Waals surface area contributed by atoms with Gasteiger partial charge in [0.25, 0.3) is 0 Å². The maximum absolute atomic E-state index is 4.52. The van der Waals surface area contributed by atoms with Crippen LogP contribution in [0.3, 0.4) is 0 Å². The maximum atomic E-state index is 4.52. The summed E-state index contributed by atoms with van der Waals surface area (Å²) >= 11 is 0. The lowest BCUT2D eigenvalue weighted by Gasteiger charge is -2.19. The summed E-state index contributed by atoms with van der Waals surface area (Å²) < 4.78 is 0. The second-order valence-electron chi connectivity index (χ2n) is 4.22. The number of nitrogens with one attached hydrogen (secondary N) is 1. The lowest BCUT2D eigenvalue weighted by atomic mass is 10.4. The average molecular weight is 236 g/mol. The molecule has 2 heterocycles. The van der Waals surface area contributed by atoms with Gasteiger partial charge in [-0.15, -0.1) is 0 Å². The highest BCUT2D eigenvalue weighted by Gasteiger charge is 2.17. The number of rotatable bonds is 4. The summed E-state index contributed by atoms with van der Waals surface area (Å²) in [6.07, 6.45) is 2.44. The highest BCUT2D eigenvalue weighted by atomic mass is 15.4. The molecule has 17 heavy (non-hydrogen) atoms. The molecular weight excluding hydrogens is 216 g/mol. The van der Waals surface area contributed by atoms with Crippen LogP contribution in [-0.2, 0) is 0 Å². The van der Waals surface area contributed by atoms with E-state index in [-0.39, 0.29) is 0 Å². The molecule has 0 radical (unpaired) electrons. The molecule has 1 aromatic rings. The van der Waals surface area contributed by atoms with E-state index in [0.717, 1.165) is 31.5 Å². The zero-order valence-corrected chi connectivity index (χ0v) is 10.8. The fraction of sp³-hybridized carbons (Fsp3) is 0.727. The van der Waals surface area contributed by atoms with Crippen LogP contribution in [-0.4, -0.2) is 48.7 Å². The van der Waals surface area contributed by atoms with Gasteiger partial charge in [0, 0.05) is 33.7 Å². The van der Waals surface area contributed by atoms with Gasteiger partial charge >= 0.3 is 0 Å². The molecule has 0 spiro atoms. The Morgan fingerprint density at radius 1 is 1.24 bits per heavy atom. The molecule has 1 saturated heterocycles. The Morgan fingerprint density at radius 3 is 2.53 bits per heavy atom. The van der Waals surface area contributed by atoms with Crippen molar-refractivity contribution in [2.24, 2.45) is 0 Å². The van der Waals surface area contributed by atoms with E-state index in [9.17, 15) is 0 Å². The number of nitrogens with zero attached hydrogens (tertiary/aromatic N) is 5. The zero-order chi connectivity index (χ0) is 12.3. The molecule has 0 atom stereocenters. The van der Waals surface area contributed by atoms with Crippen molar-refractivity contribution in [2.45, 2.75) is 19.8 Å². The lowest BCUT2D eigenvalue weighted by molar-refractivity contribution is 0.842. The quantitative estimate of drug-likeness (QED) is 0.840. The molecule has 0 unspecified atom stereocenters. The lowest BCUT2D eigenvalue weighted by Crippen LogP contribution is -2.25. The Morgan fingerprint density at radius 2 is 1.94 bits per heavy atom. The number of hydrogen-bond donors (Lipinski definition) is 1. The summed E-state index contributed by atoms with van der Waals surface area (Å²) in [5.41, 5.74) is 0. The van der Waals surface area contributed by atoms with E-state index in [4.69, 9.17) is 0 Å². The first kappa shape index (κ1) is 11.9. The van der Waals surface area contributed by atoms with Gasteiger partial charge in [0.05, 0.1) is 0 Å². The molecule has 1 aliphatic heterocycles. The maximum Gasteiger partial charge on any atom is 0.231 e. The van der Waals surface area contributed by atoms with Crippen LogP contribution in [0.15, 0.2) is 0 Å². The van der Waals surface area contributed by atoms with Gasteiger partial charge in [-0.25, -0.2) is 0 Å². The minimum Gasteiger partial charge on any atom is -0.357 e. The van der Waals surface area contributed by atoms with E-state index in [1.807, 2.05) is 19.0 Å². The van der Waals surface area contributed by atoms with Gasteiger partial charge in [0.15, 0.2) is 0 Å². The van der Waals surface area contributed by atoms with Gasteiger partial charge in [-0.2, -0.15) is 15.0 Å². The first-order valence-corrected chi connectivity index (χ1v) is 6.14. The van der Waals surface area contributed by atoms with Gasteiger partial charge in [0.2, 0.25) is 17.8 Å². The number of aromatic nitrogens is 3. The predicted molar refractivity (Wildman–Crippen MR) is 69.8 cm³/mol. The minimum absolute atomic E-state index is 0.636. The average Bonchev–Trinajstić information content (AvgIpc) is 2.91. The van der Waals surface area contributed by atoms with Crippen molar-refractivity contribution in [1.82, 2.24) is 15.0 Å². The smallest absolute Gasteiger partial charge is 0.231 e. The molecule has 94 valence electrons. The standard InChI is InChI=1S/C11H20N6/c1-4-16(3)10-13-9(12-2)14-11(15-10)17-7-5-6-8-17/h4-8H2,1-3H3,(H,12,13,14,15). The summed E-state index contributed by atoms with van der Waals surface area (Å²) in [5, 5.41) is 2.99. The molecule has 0 aliphatic carbocycles. The first-order valence-electron chi connectivity index (χ1n) is 6.14. The van der Waals surface area contributed by atoms with Crippen molar-refractivity contribution in [3.05, 3.63) is 0 Å². The van der Waals surface area contributed by atoms with Crippen LogP contribution in [0, 0.1) is 0 Å². The number of hydrogen-bond acceptors (Lipinski definition) is 6. The molecule has 1 aromatic heterocycles. The van der Waals surface area contributed by atoms with Crippen LogP contribution in [0.25, 0.3) is 0 Å². The molecule has 1 aliphatic rings. The van der Waals surface area contributed by atoms with E-state index in [0.29, 0.717) is 5.95 Å². The van der Waals surface area contributed by atoms with Crippen molar-refractivity contribution in [3.63, 3.8) is 0 Å². The topological polar surface area (TPSA) is 57.2 Å². The molecule has 6 nitrogen and oxygen atoms in total. The second kappa shape index (κ2) is 5.16. The first-order chi connectivity index (χ1) is 8.24. The minimum atomic E-state index is 0.636. The molecule has 0 bridgehead atoms. The molecule has 1 fully saturated rings. The van der Waals surface area contributed by atoms with E-state index < -0.39 is 0 Å². The molecule has 0 saturated carbocycles. The van der Waals surface area contributed by atoms with Crippen molar-refractivity contribution in [3.8, 4) is 0 Å². The van der Waals surface area contributed by atoms with E-state index in [1.165, 1.54) is 12.8 Å². The Labute approximate surface area is 102 Å². The van der Waals surface area contributed by atoms with Crippen LogP contribution in [0.4, 0.5) is 17.8 Å². The number of anilines is 3. The van der Waals surface area contributed by atoms with Gasteiger partial charge in [-0.1, -0.05) is 0 Å². The second-order valence-corrected chi connectivity index (χ2v) is 4.22. The molecule has 0 amide bonds. The van der Waals surface area contributed by atoms with Crippen molar-refractivity contribution in [2.75, 3.05) is 48.8 Å². The normalized spacial score (nSPS) is 15.1. The predicted octanol–water partition coefficient (Wildman–Crippen LogP) is 0.970. The van der Waals surface area contributed by atoms with Gasteiger partial charge in [0.1, 0.15) is 0 Å². The van der Waals surface area contributed by atoms with Crippen LogP contribution < -0.4 is 15.1 Å². The Bertz CT molecular complexity index is 374. The van der Waals surface area contributed by atoms with Crippen LogP contribution in [0.1, 0.15) is 19.8 Å². The van der Waals surface area contributed by atoms with Gasteiger partial charge < -0.3 is 15.1 Å². The molecule has 6 heteroatoms. The van der Waals surface area contributed by atoms with E-state index in [2.05, 4.69) is 32.1 Å². The molecular formula is C11H20N6. The molecule has 0 aromatic carbocycles. The third-order valence-corrected chi connectivity index (χ3v) is 3.04. The fourth-order valence-electron chi connectivity index (χ4n) is 1.84. The van der Waals surface area contributed by atoms with Gasteiger partial charge in [-0.3, -0.25) is 0 Å². The summed E-state index contributed by atoms with van der Waals surface area (Å²) in [6, 6.07) is 0. The Kier molecular flexibility index (Phi) is 3.61.